The van der Waals surface area contributed by atoms with Crippen LogP contribution in [0.5, 0.6) is 5.75 Å². The number of nitrogens with one attached hydrogen (secondary N) is 1. The summed E-state index contributed by atoms with van der Waals surface area (Å²) in [6.45, 7) is 3.99. The van der Waals surface area contributed by atoms with E-state index in [-0.39, 0.29) is 18.1 Å². The Morgan fingerprint density at radius 2 is 1.97 bits per heavy atom. The number of benzene rings is 3. The summed E-state index contributed by atoms with van der Waals surface area (Å²) in [6, 6.07) is 22.3. The van der Waals surface area contributed by atoms with Crippen molar-refractivity contribution in [3.63, 3.8) is 0 Å². The molecule has 1 N–H and O–H groups in total. The highest BCUT2D eigenvalue weighted by atomic mass is 16.5. The summed E-state index contributed by atoms with van der Waals surface area (Å²) in [4.78, 5) is 17.4. The molecule has 0 bridgehead atoms. The normalized spacial score (nSPS) is 16.8. The Kier molecular flexibility index (Phi) is 6.26. The van der Waals surface area contributed by atoms with Gasteiger partial charge in [0.2, 0.25) is 5.91 Å². The largest absolute Gasteiger partial charge is 0.494 e. The van der Waals surface area contributed by atoms with E-state index in [4.69, 9.17) is 14.5 Å². The molecule has 1 aliphatic rings. The van der Waals surface area contributed by atoms with Crippen LogP contribution >= 0.6 is 0 Å². The van der Waals surface area contributed by atoms with Crippen LogP contribution in [0.2, 0.25) is 0 Å². The van der Waals surface area contributed by atoms with Gasteiger partial charge in [0.15, 0.2) is 0 Å². The van der Waals surface area contributed by atoms with Gasteiger partial charge in [-0.3, -0.25) is 4.79 Å². The van der Waals surface area contributed by atoms with Gasteiger partial charge in [-0.05, 0) is 61.2 Å². The van der Waals surface area contributed by atoms with E-state index in [1.807, 2.05) is 43.3 Å². The van der Waals surface area contributed by atoms with Gasteiger partial charge in [0, 0.05) is 13.2 Å². The highest BCUT2D eigenvalue weighted by molar-refractivity contribution is 5.84. The lowest BCUT2D eigenvalue weighted by Crippen LogP contribution is -2.36. The van der Waals surface area contributed by atoms with E-state index in [1.54, 1.807) is 0 Å². The molecule has 4 aromatic rings. The van der Waals surface area contributed by atoms with E-state index in [0.717, 1.165) is 48.4 Å². The summed E-state index contributed by atoms with van der Waals surface area (Å²) >= 11 is 0. The number of carbonyl (C=O) groups is 1. The van der Waals surface area contributed by atoms with E-state index in [0.29, 0.717) is 13.2 Å². The van der Waals surface area contributed by atoms with Crippen LogP contribution in [-0.4, -0.2) is 34.8 Å². The zero-order chi connectivity index (χ0) is 22.6. The summed E-state index contributed by atoms with van der Waals surface area (Å²) in [5.74, 6) is 1.67. The smallest absolute Gasteiger partial charge is 0.249 e. The van der Waals surface area contributed by atoms with E-state index in [2.05, 4.69) is 40.2 Å². The van der Waals surface area contributed by atoms with E-state index in [1.165, 1.54) is 10.8 Å². The van der Waals surface area contributed by atoms with Crippen molar-refractivity contribution in [3.05, 3.63) is 72.6 Å². The fourth-order valence-corrected chi connectivity index (χ4v) is 4.48. The summed E-state index contributed by atoms with van der Waals surface area (Å²) in [7, 11) is 0. The number of nitrogens with zero attached hydrogens (tertiary/aromatic N) is 2. The predicted molar refractivity (Wildman–Crippen MR) is 129 cm³/mol. The first-order chi connectivity index (χ1) is 16.2. The highest BCUT2D eigenvalue weighted by Gasteiger charge is 2.26. The Labute approximate surface area is 193 Å². The molecule has 1 amide bonds. The van der Waals surface area contributed by atoms with Crippen molar-refractivity contribution in [1.82, 2.24) is 14.9 Å². The third kappa shape index (κ3) is 4.71. The summed E-state index contributed by atoms with van der Waals surface area (Å²) in [5, 5.41) is 5.48. The maximum Gasteiger partial charge on any atom is 0.249 e. The topological polar surface area (TPSA) is 65.4 Å². The van der Waals surface area contributed by atoms with Crippen LogP contribution in [0.3, 0.4) is 0 Å². The first kappa shape index (κ1) is 21.5. The van der Waals surface area contributed by atoms with Crippen molar-refractivity contribution in [1.29, 1.82) is 0 Å². The number of aryl methyl sites for hydroxylation is 1. The van der Waals surface area contributed by atoms with Crippen LogP contribution < -0.4 is 10.1 Å². The van der Waals surface area contributed by atoms with Gasteiger partial charge in [-0.1, -0.05) is 42.5 Å². The minimum absolute atomic E-state index is 0.0572. The molecule has 2 heterocycles. The van der Waals surface area contributed by atoms with Crippen molar-refractivity contribution >= 4 is 27.7 Å². The van der Waals surface area contributed by atoms with Gasteiger partial charge in [-0.15, -0.1) is 0 Å². The summed E-state index contributed by atoms with van der Waals surface area (Å²) < 4.78 is 13.8. The van der Waals surface area contributed by atoms with Crippen molar-refractivity contribution in [3.8, 4) is 5.75 Å². The maximum atomic E-state index is 12.6. The van der Waals surface area contributed by atoms with Gasteiger partial charge in [0.05, 0.1) is 23.7 Å². The second-order valence-electron chi connectivity index (χ2n) is 8.55. The monoisotopic (exact) mass is 443 g/mol. The minimum Gasteiger partial charge on any atom is -0.494 e. The lowest BCUT2D eigenvalue weighted by atomic mass is 10.1. The first-order valence-electron chi connectivity index (χ1n) is 11.7. The zero-order valence-electron chi connectivity index (χ0n) is 18.9. The Balaban J connectivity index is 1.27. The first-order valence-corrected chi connectivity index (χ1v) is 11.7. The Bertz CT molecular complexity index is 1260. The number of hydrogen-bond acceptors (Lipinski definition) is 4. The molecule has 0 saturated carbocycles. The van der Waals surface area contributed by atoms with Crippen LogP contribution in [0.25, 0.3) is 21.8 Å². The second kappa shape index (κ2) is 9.63. The standard InChI is InChI=1S/C27H29N3O3/c1-19(28-27(31)25-12-6-16-33-25)26-29-23-10-4-5-11-24(23)30(26)15-7-17-32-22-14-13-20-8-2-3-9-21(20)18-22/h2-5,8-11,13-14,18-19,25H,6-7,12,15-17H2,1H3,(H,28,31). The van der Waals surface area contributed by atoms with Crippen LogP contribution in [0, 0.1) is 0 Å². The second-order valence-corrected chi connectivity index (χ2v) is 8.55. The molecule has 1 saturated heterocycles. The van der Waals surface area contributed by atoms with Gasteiger partial charge in [0.25, 0.3) is 0 Å². The summed E-state index contributed by atoms with van der Waals surface area (Å²) in [5.41, 5.74) is 2.00. The van der Waals surface area contributed by atoms with Crippen LogP contribution in [0.15, 0.2) is 66.7 Å². The van der Waals surface area contributed by atoms with Crippen LogP contribution in [0.4, 0.5) is 0 Å². The molecule has 0 radical (unpaired) electrons. The Morgan fingerprint density at radius 3 is 2.82 bits per heavy atom. The fourth-order valence-electron chi connectivity index (χ4n) is 4.48. The molecular formula is C27H29N3O3. The van der Waals surface area contributed by atoms with E-state index >= 15 is 0 Å². The quantitative estimate of drug-likeness (QED) is 0.389. The Hall–Kier alpha value is -3.38. The van der Waals surface area contributed by atoms with E-state index in [9.17, 15) is 4.79 Å². The van der Waals surface area contributed by atoms with Gasteiger partial charge >= 0.3 is 0 Å². The number of imidazole rings is 1. The minimum atomic E-state index is -0.347. The Morgan fingerprint density at radius 1 is 1.15 bits per heavy atom. The number of hydrogen-bond donors (Lipinski definition) is 1. The highest BCUT2D eigenvalue weighted by Crippen LogP contribution is 2.23. The number of para-hydroxylation sites is 2. The molecule has 33 heavy (non-hydrogen) atoms. The molecule has 0 spiro atoms. The molecule has 6 heteroatoms. The number of rotatable bonds is 8. The van der Waals surface area contributed by atoms with Gasteiger partial charge in [-0.2, -0.15) is 0 Å². The maximum absolute atomic E-state index is 12.6. The lowest BCUT2D eigenvalue weighted by molar-refractivity contribution is -0.130. The predicted octanol–water partition coefficient (Wildman–Crippen LogP) is 5.01. The summed E-state index contributed by atoms with van der Waals surface area (Å²) in [6.07, 6.45) is 2.19. The molecule has 5 rings (SSSR count). The number of ether oxygens (including phenoxy) is 2. The lowest BCUT2D eigenvalue weighted by Gasteiger charge is -2.18. The van der Waals surface area contributed by atoms with Crippen molar-refractivity contribution < 1.29 is 14.3 Å². The molecule has 6 nitrogen and oxygen atoms in total. The van der Waals surface area contributed by atoms with Gasteiger partial charge in [-0.25, -0.2) is 4.98 Å². The molecule has 2 atom stereocenters. The molecule has 170 valence electrons. The van der Waals surface area contributed by atoms with Crippen molar-refractivity contribution in [2.24, 2.45) is 0 Å². The third-order valence-corrected chi connectivity index (χ3v) is 6.17. The SMILES string of the molecule is CC(NC(=O)C1CCCO1)c1nc2ccccc2n1CCCOc1ccc2ccccc2c1. The molecule has 1 aromatic heterocycles. The van der Waals surface area contributed by atoms with Crippen molar-refractivity contribution in [2.45, 2.75) is 44.9 Å². The zero-order valence-corrected chi connectivity index (χ0v) is 18.9. The van der Waals surface area contributed by atoms with Crippen LogP contribution in [-0.2, 0) is 16.1 Å². The average molecular weight is 444 g/mol. The molecule has 0 aliphatic carbocycles. The van der Waals surface area contributed by atoms with E-state index < -0.39 is 0 Å². The number of aromatic nitrogens is 2. The average Bonchev–Trinajstić information content (AvgIpc) is 3.50. The van der Waals surface area contributed by atoms with Gasteiger partial charge < -0.3 is 19.4 Å². The number of carbonyl (C=O) groups excluding carboxylic acids is 1. The molecule has 3 aromatic carbocycles. The molecule has 1 aliphatic heterocycles. The molecule has 2 unspecified atom stereocenters. The fraction of sp³-hybridized carbons (Fsp3) is 0.333. The number of fused-ring (bicyclic) bond motifs is 2. The van der Waals surface area contributed by atoms with Crippen molar-refractivity contribution in [2.75, 3.05) is 13.2 Å². The number of amides is 1. The molecule has 1 fully saturated rings. The van der Waals surface area contributed by atoms with Gasteiger partial charge in [0.1, 0.15) is 17.7 Å². The molecular weight excluding hydrogens is 414 g/mol. The van der Waals surface area contributed by atoms with Crippen LogP contribution in [0.1, 0.15) is 38.1 Å². The third-order valence-electron chi connectivity index (χ3n) is 6.17.